The molecule has 79 heavy (non-hydrogen) atoms. The highest BCUT2D eigenvalue weighted by atomic mass is 16.8. The van der Waals surface area contributed by atoms with Gasteiger partial charge in [-0.25, -0.2) is 0 Å². The van der Waals surface area contributed by atoms with Gasteiger partial charge in [0.1, 0.15) is 97.7 Å². The minimum absolute atomic E-state index is 0.00704. The Hall–Kier alpha value is -1.22. The maximum Gasteiger partial charge on any atom is 0.187 e. The van der Waals surface area contributed by atoms with E-state index in [1.54, 1.807) is 0 Å². The standard InChI is InChI=1S/C55H94O24/c1-9-55-17-16-24(53(55,7)18-32(59)54(8)26-12-15-33(51(3,4)25(26)11-13-31(54)55)77-48-44(69)40(65)36(61)28(20-57)74-48)23(2)10-14-34(52(5,6)71)78-50-46(79-49-45(70)41(66)37(62)29(21-58)75-49)42(67)38(63)30(76-50)22-72-47-43(68)39(64)35(60)27(19-56)73-47/h11,23-24,26-50,56-71H,9-10,12-22H2,1-8H3/t23-,24?,26?,27-,28-,29-,30-,31?,32-,33+,34-,35-,36-,37-,38-,39+,40+,41+,42+,43-,44-,45-,46-,47+,48+,49+,50+,53-,54+,55+/m1/s1. The molecule has 0 aromatic carbocycles. The van der Waals surface area contributed by atoms with Crippen molar-refractivity contribution >= 4 is 0 Å². The van der Waals surface area contributed by atoms with Crippen molar-refractivity contribution < 1.29 is 120 Å². The lowest BCUT2D eigenvalue weighted by atomic mass is 9.37. The Morgan fingerprint density at radius 2 is 1.13 bits per heavy atom. The Morgan fingerprint density at radius 1 is 0.620 bits per heavy atom. The van der Waals surface area contributed by atoms with Crippen molar-refractivity contribution in [2.45, 2.75) is 260 Å². The van der Waals surface area contributed by atoms with Crippen LogP contribution >= 0.6 is 0 Å². The van der Waals surface area contributed by atoms with E-state index >= 15 is 0 Å². The molecule has 4 aliphatic carbocycles. The van der Waals surface area contributed by atoms with Crippen molar-refractivity contribution in [2.24, 2.45) is 45.3 Å². The molecule has 16 N–H and O–H groups in total. The Bertz CT molecular complexity index is 2040. The van der Waals surface area contributed by atoms with E-state index in [9.17, 15) is 81.7 Å². The summed E-state index contributed by atoms with van der Waals surface area (Å²) in [6.07, 6.45) is -26.7. The molecule has 0 amide bonds. The third-order valence-corrected chi connectivity index (χ3v) is 21.1. The number of aliphatic hydroxyl groups excluding tert-OH is 15. The zero-order chi connectivity index (χ0) is 58.2. The molecule has 24 heteroatoms. The summed E-state index contributed by atoms with van der Waals surface area (Å²) in [5.74, 6) is 0.244. The molecule has 3 saturated carbocycles. The van der Waals surface area contributed by atoms with Crippen LogP contribution in [0.15, 0.2) is 11.6 Å². The zero-order valence-corrected chi connectivity index (χ0v) is 46.8. The number of hydrogen-bond acceptors (Lipinski definition) is 24. The predicted molar refractivity (Wildman–Crippen MR) is 272 cm³/mol. The van der Waals surface area contributed by atoms with E-state index in [-0.39, 0.29) is 40.9 Å². The average Bonchev–Trinajstić information content (AvgIpc) is 3.73. The van der Waals surface area contributed by atoms with Crippen LogP contribution in [-0.2, 0) is 37.9 Å². The van der Waals surface area contributed by atoms with Crippen molar-refractivity contribution in [1.29, 1.82) is 0 Å². The minimum Gasteiger partial charge on any atom is -0.394 e. The van der Waals surface area contributed by atoms with Gasteiger partial charge in [0.05, 0.1) is 50.3 Å². The van der Waals surface area contributed by atoms with Crippen LogP contribution < -0.4 is 0 Å². The molecule has 0 radical (unpaired) electrons. The van der Waals surface area contributed by atoms with Crippen molar-refractivity contribution in [3.63, 3.8) is 0 Å². The molecule has 30 atom stereocenters. The van der Waals surface area contributed by atoms with Crippen LogP contribution in [0, 0.1) is 45.3 Å². The molecular formula is C55H94O24. The van der Waals surface area contributed by atoms with E-state index < -0.39 is 184 Å². The highest BCUT2D eigenvalue weighted by Gasteiger charge is 2.71. The lowest BCUT2D eigenvalue weighted by molar-refractivity contribution is -0.380. The molecule has 0 spiro atoms. The van der Waals surface area contributed by atoms with Crippen molar-refractivity contribution in [3.8, 4) is 0 Å². The van der Waals surface area contributed by atoms with Gasteiger partial charge in [0.25, 0.3) is 0 Å². The average molecular weight is 1140 g/mol. The molecule has 4 saturated heterocycles. The Kier molecular flexibility index (Phi) is 19.6. The summed E-state index contributed by atoms with van der Waals surface area (Å²) < 4.78 is 47.8. The monoisotopic (exact) mass is 1140 g/mol. The molecule has 0 aromatic heterocycles. The first kappa shape index (κ1) is 63.8. The minimum atomic E-state index is -1.93. The van der Waals surface area contributed by atoms with Crippen LogP contribution in [0.3, 0.4) is 0 Å². The van der Waals surface area contributed by atoms with Gasteiger partial charge in [-0.15, -0.1) is 0 Å². The summed E-state index contributed by atoms with van der Waals surface area (Å²) in [4.78, 5) is 0. The quantitative estimate of drug-likeness (QED) is 0.0615. The molecule has 8 rings (SSSR count). The molecule has 8 aliphatic rings. The molecule has 4 aliphatic heterocycles. The van der Waals surface area contributed by atoms with Crippen LogP contribution in [0.25, 0.3) is 0 Å². The lowest BCUT2D eigenvalue weighted by Crippen LogP contribution is -2.65. The molecule has 3 unspecified atom stereocenters. The SMILES string of the molecule is CC[C@@]12CCC([C@H](C)CC[C@@H](O[C@@H]3O[C@H](CO[C@H]4O[C@H](CO)[C@@H](O)[C@H](O)[C@H]4O)[C@@H](O)[C@H](O)[C@H]3O[C@@H]3O[C@H](CO)[C@@H](O)[C@H](O)[C@H]3O)C(C)(C)O)[C@@]1(C)C[C@@H](O)[C@@]1(C)C3CC[C@H](O[C@@H]4O[C@H](CO)[C@@H](O)[C@H](O)[C@H]4O)C(C)(C)C3=CCC12. The maximum absolute atomic E-state index is 12.8. The number of ether oxygens (including phenoxy) is 8. The van der Waals surface area contributed by atoms with Crippen molar-refractivity contribution in [2.75, 3.05) is 26.4 Å². The van der Waals surface area contributed by atoms with Crippen LogP contribution in [0.1, 0.15) is 113 Å². The first-order valence-electron chi connectivity index (χ1n) is 28.6. The largest absolute Gasteiger partial charge is 0.394 e. The highest BCUT2D eigenvalue weighted by molar-refractivity contribution is 5.32. The molecule has 458 valence electrons. The van der Waals surface area contributed by atoms with E-state index in [1.165, 1.54) is 19.4 Å². The Morgan fingerprint density at radius 3 is 1.66 bits per heavy atom. The maximum atomic E-state index is 12.8. The van der Waals surface area contributed by atoms with Gasteiger partial charge in [-0.2, -0.15) is 0 Å². The third-order valence-electron chi connectivity index (χ3n) is 21.1. The fourth-order valence-electron chi connectivity index (χ4n) is 16.2. The summed E-state index contributed by atoms with van der Waals surface area (Å²) >= 11 is 0. The Labute approximate surface area is 461 Å². The van der Waals surface area contributed by atoms with E-state index in [2.05, 4.69) is 47.6 Å². The van der Waals surface area contributed by atoms with Gasteiger partial charge in [-0.1, -0.05) is 53.2 Å². The molecule has 4 heterocycles. The third kappa shape index (κ3) is 11.2. The van der Waals surface area contributed by atoms with Gasteiger partial charge in [-0.05, 0) is 106 Å². The van der Waals surface area contributed by atoms with Gasteiger partial charge in [-0.3, -0.25) is 0 Å². The smallest absolute Gasteiger partial charge is 0.187 e. The molecule has 0 aromatic rings. The number of allylic oxidation sites excluding steroid dienone is 1. The van der Waals surface area contributed by atoms with Gasteiger partial charge in [0, 0.05) is 10.8 Å². The second kappa shape index (κ2) is 24.3. The number of rotatable bonds is 18. The lowest BCUT2D eigenvalue weighted by Gasteiger charge is -2.68. The van der Waals surface area contributed by atoms with Crippen LogP contribution in [0.4, 0.5) is 0 Å². The summed E-state index contributed by atoms with van der Waals surface area (Å²) in [6, 6.07) is 0. The second-order valence-corrected chi connectivity index (χ2v) is 26.0. The highest BCUT2D eigenvalue weighted by Crippen LogP contribution is 2.76. The van der Waals surface area contributed by atoms with Gasteiger partial charge < -0.3 is 120 Å². The summed E-state index contributed by atoms with van der Waals surface area (Å²) in [5, 5.41) is 173. The molecular weight excluding hydrogens is 1040 g/mol. The van der Waals surface area contributed by atoms with Crippen molar-refractivity contribution in [3.05, 3.63) is 11.6 Å². The van der Waals surface area contributed by atoms with E-state index in [1.807, 2.05) is 0 Å². The van der Waals surface area contributed by atoms with E-state index in [4.69, 9.17) is 37.9 Å². The van der Waals surface area contributed by atoms with E-state index in [0.29, 0.717) is 25.7 Å². The predicted octanol–water partition coefficient (Wildman–Crippen LogP) is -2.84. The van der Waals surface area contributed by atoms with E-state index in [0.717, 1.165) is 25.7 Å². The fraction of sp³-hybridized carbons (Fsp3) is 0.964. The number of fused-ring (bicyclic) bond motifs is 5. The summed E-state index contributed by atoms with van der Waals surface area (Å²) in [5.41, 5.74) is -2.01. The van der Waals surface area contributed by atoms with Crippen LogP contribution in [-0.4, -0.2) is 255 Å². The van der Waals surface area contributed by atoms with Crippen LogP contribution in [0.2, 0.25) is 0 Å². The fourth-order valence-corrected chi connectivity index (χ4v) is 16.2. The molecule has 7 fully saturated rings. The van der Waals surface area contributed by atoms with Crippen molar-refractivity contribution in [1.82, 2.24) is 0 Å². The first-order chi connectivity index (χ1) is 37.0. The molecule has 24 nitrogen and oxygen atoms in total. The summed E-state index contributed by atoms with van der Waals surface area (Å²) in [6.45, 7) is 13.5. The van der Waals surface area contributed by atoms with Gasteiger partial charge in [0.15, 0.2) is 25.2 Å². The van der Waals surface area contributed by atoms with Gasteiger partial charge >= 0.3 is 0 Å². The van der Waals surface area contributed by atoms with Gasteiger partial charge in [0.2, 0.25) is 0 Å². The second-order valence-electron chi connectivity index (χ2n) is 26.0. The number of hydrogen-bond donors (Lipinski definition) is 16. The molecule has 0 bridgehead atoms. The summed E-state index contributed by atoms with van der Waals surface area (Å²) in [7, 11) is 0. The topological polar surface area (TPSA) is 398 Å². The first-order valence-corrected chi connectivity index (χ1v) is 28.6. The zero-order valence-electron chi connectivity index (χ0n) is 46.8. The normalized spacial score (nSPS) is 50.9. The number of aliphatic hydroxyl groups is 16. The van der Waals surface area contributed by atoms with Crippen LogP contribution in [0.5, 0.6) is 0 Å². The Balaban J connectivity index is 0.999.